The number of methoxy groups -OCH3 is 2. The van der Waals surface area contributed by atoms with Crippen LogP contribution >= 0.6 is 0 Å². The van der Waals surface area contributed by atoms with Crippen LogP contribution in [0.4, 0.5) is 5.69 Å². The Kier molecular flexibility index (Phi) is 3.09. The highest BCUT2D eigenvalue weighted by molar-refractivity contribution is 5.97. The van der Waals surface area contributed by atoms with Crippen molar-refractivity contribution >= 4 is 16.6 Å². The van der Waals surface area contributed by atoms with Crippen LogP contribution in [0, 0.1) is 0 Å². The number of aromatic nitrogens is 1. The van der Waals surface area contributed by atoms with Gasteiger partial charge in [-0.2, -0.15) is 0 Å². The van der Waals surface area contributed by atoms with Crippen molar-refractivity contribution in [2.45, 2.75) is 25.7 Å². The van der Waals surface area contributed by atoms with Gasteiger partial charge in [0.25, 0.3) is 0 Å². The highest BCUT2D eigenvalue weighted by Gasteiger charge is 2.15. The number of nitrogens with one attached hydrogen (secondary N) is 1. The summed E-state index contributed by atoms with van der Waals surface area (Å²) in [5.74, 6) is 0.702. The molecule has 5 nitrogen and oxygen atoms in total. The average Bonchev–Trinajstić information content (AvgIpc) is 2.60. The van der Waals surface area contributed by atoms with Crippen LogP contribution < -0.4 is 20.5 Å². The van der Waals surface area contributed by atoms with E-state index in [-0.39, 0.29) is 18.7 Å². The molecule has 0 fully saturated rings. The SMILES string of the molecule is [2H]C([2H])([2H])C([2H])(Nc1cc(OC)c(OC)c2cccnc12)C([2H])([2H])CCN. The molecule has 1 aromatic carbocycles. The molecule has 0 saturated heterocycles. The number of nitrogens with zero attached hydrogens (tertiary/aromatic N) is 1. The van der Waals surface area contributed by atoms with Crippen molar-refractivity contribution in [3.05, 3.63) is 24.4 Å². The van der Waals surface area contributed by atoms with Crippen molar-refractivity contribution in [2.75, 3.05) is 26.1 Å². The van der Waals surface area contributed by atoms with E-state index in [0.717, 1.165) is 0 Å². The molecular weight excluding hydrogens is 266 g/mol. The molecule has 0 spiro atoms. The minimum Gasteiger partial charge on any atom is -0.493 e. The summed E-state index contributed by atoms with van der Waals surface area (Å²) in [6.45, 7) is -3.09. The summed E-state index contributed by atoms with van der Waals surface area (Å²) in [7, 11) is 2.89. The molecule has 0 aliphatic heterocycles. The third-order valence-corrected chi connectivity index (χ3v) is 2.94. The second kappa shape index (κ2) is 7.13. The van der Waals surface area contributed by atoms with Crippen molar-refractivity contribution in [2.24, 2.45) is 5.73 Å². The Morgan fingerprint density at radius 2 is 2.38 bits per heavy atom. The van der Waals surface area contributed by atoms with Crippen LogP contribution in [0.2, 0.25) is 0 Å². The number of benzene rings is 1. The predicted octanol–water partition coefficient (Wildman–Crippen LogP) is 2.79. The summed E-state index contributed by atoms with van der Waals surface area (Å²) >= 11 is 0. The Bertz CT molecular complexity index is 815. The summed E-state index contributed by atoms with van der Waals surface area (Å²) in [5, 5.41) is 3.10. The van der Waals surface area contributed by atoms with Gasteiger partial charge in [-0.1, -0.05) is 0 Å². The zero-order chi connectivity index (χ0) is 20.5. The van der Waals surface area contributed by atoms with E-state index < -0.39 is 19.2 Å². The van der Waals surface area contributed by atoms with Crippen LogP contribution in [-0.4, -0.2) is 31.8 Å². The van der Waals surface area contributed by atoms with E-state index in [2.05, 4.69) is 10.3 Å². The minimum absolute atomic E-state index is 0.101. The molecule has 3 N–H and O–H groups in total. The van der Waals surface area contributed by atoms with Gasteiger partial charge < -0.3 is 20.5 Å². The fourth-order valence-corrected chi connectivity index (χ4v) is 2.03. The van der Waals surface area contributed by atoms with Gasteiger partial charge in [0.1, 0.15) is 0 Å². The topological polar surface area (TPSA) is 69.4 Å². The first-order valence-electron chi connectivity index (χ1n) is 9.50. The van der Waals surface area contributed by atoms with Gasteiger partial charge in [-0.05, 0) is 38.3 Å². The smallest absolute Gasteiger partial charge is 0.170 e. The lowest BCUT2D eigenvalue weighted by Crippen LogP contribution is -2.17. The van der Waals surface area contributed by atoms with E-state index in [9.17, 15) is 0 Å². The van der Waals surface area contributed by atoms with Crippen LogP contribution in [0.1, 0.15) is 27.9 Å². The third kappa shape index (κ3) is 3.36. The van der Waals surface area contributed by atoms with E-state index in [1.807, 2.05) is 0 Å². The normalized spacial score (nSPS) is 19.2. The van der Waals surface area contributed by atoms with Crippen LogP contribution in [0.15, 0.2) is 24.4 Å². The lowest BCUT2D eigenvalue weighted by molar-refractivity contribution is 0.358. The van der Waals surface area contributed by atoms with Crippen LogP contribution in [0.25, 0.3) is 10.9 Å². The number of hydrogen-bond acceptors (Lipinski definition) is 5. The van der Waals surface area contributed by atoms with E-state index in [4.69, 9.17) is 23.4 Å². The van der Waals surface area contributed by atoms with Gasteiger partial charge in [0.2, 0.25) is 0 Å². The van der Waals surface area contributed by atoms with Crippen LogP contribution in [0.3, 0.4) is 0 Å². The second-order valence-corrected chi connectivity index (χ2v) is 4.27. The zero-order valence-corrected chi connectivity index (χ0v) is 12.1. The van der Waals surface area contributed by atoms with Gasteiger partial charge in [0.05, 0.1) is 26.8 Å². The number of pyridine rings is 1. The predicted molar refractivity (Wildman–Crippen MR) is 86.2 cm³/mol. The lowest BCUT2D eigenvalue weighted by Gasteiger charge is -2.19. The molecule has 0 saturated carbocycles. The van der Waals surface area contributed by atoms with E-state index in [1.165, 1.54) is 26.5 Å². The average molecular weight is 295 g/mol. The number of anilines is 1. The van der Waals surface area contributed by atoms with Crippen LogP contribution in [0.5, 0.6) is 11.5 Å². The molecule has 0 aliphatic rings. The van der Waals surface area contributed by atoms with E-state index in [0.29, 0.717) is 22.4 Å². The highest BCUT2D eigenvalue weighted by atomic mass is 16.5. The Balaban J connectivity index is 2.71. The van der Waals surface area contributed by atoms with Gasteiger partial charge in [0, 0.05) is 30.5 Å². The number of ether oxygens (including phenoxy) is 2. The van der Waals surface area contributed by atoms with Gasteiger partial charge in [-0.15, -0.1) is 0 Å². The quantitative estimate of drug-likeness (QED) is 0.822. The van der Waals surface area contributed by atoms with Crippen molar-refractivity contribution in [1.29, 1.82) is 0 Å². The van der Waals surface area contributed by atoms with Crippen molar-refractivity contribution in [3.8, 4) is 11.5 Å². The summed E-state index contributed by atoms with van der Waals surface area (Å²) in [5.41, 5.74) is 5.92. The summed E-state index contributed by atoms with van der Waals surface area (Å²) in [4.78, 5) is 4.25. The largest absolute Gasteiger partial charge is 0.493 e. The number of fused-ring (bicyclic) bond motifs is 1. The molecular formula is C16H23N3O2. The molecule has 0 amide bonds. The Morgan fingerprint density at radius 3 is 3.05 bits per heavy atom. The zero-order valence-electron chi connectivity index (χ0n) is 18.1. The maximum atomic E-state index is 8.51. The fraction of sp³-hybridized carbons (Fsp3) is 0.438. The Hall–Kier alpha value is -2.01. The van der Waals surface area contributed by atoms with Crippen molar-refractivity contribution in [1.82, 2.24) is 4.98 Å². The van der Waals surface area contributed by atoms with E-state index >= 15 is 0 Å². The summed E-state index contributed by atoms with van der Waals surface area (Å²) in [6.07, 6.45) is -1.24. The number of hydrogen-bond donors (Lipinski definition) is 2. The van der Waals surface area contributed by atoms with E-state index in [1.54, 1.807) is 12.1 Å². The molecule has 0 radical (unpaired) electrons. The maximum Gasteiger partial charge on any atom is 0.170 e. The van der Waals surface area contributed by atoms with Gasteiger partial charge >= 0.3 is 0 Å². The molecule has 1 unspecified atom stereocenters. The molecule has 1 aromatic heterocycles. The number of rotatable bonds is 7. The Morgan fingerprint density at radius 1 is 1.52 bits per heavy atom. The summed E-state index contributed by atoms with van der Waals surface area (Å²) in [6, 6.07) is 2.18. The number of nitrogens with two attached hydrogens (primary N) is 1. The van der Waals surface area contributed by atoms with Crippen molar-refractivity contribution < 1.29 is 17.7 Å². The second-order valence-electron chi connectivity index (χ2n) is 4.27. The molecule has 1 atom stereocenters. The Labute approximate surface area is 133 Å². The molecule has 2 aromatic rings. The first-order chi connectivity index (χ1) is 12.5. The summed E-state index contributed by atoms with van der Waals surface area (Å²) < 4.78 is 58.9. The van der Waals surface area contributed by atoms with Gasteiger partial charge in [-0.25, -0.2) is 0 Å². The van der Waals surface area contributed by atoms with Crippen LogP contribution in [-0.2, 0) is 0 Å². The highest BCUT2D eigenvalue weighted by Crippen LogP contribution is 2.39. The standard InChI is InChI=1S/C16H23N3O2/c1-11(6-4-8-17)19-13-10-14(20-2)16(21-3)12-7-5-9-18-15(12)13/h5,7,9-11,19H,4,6,8,17H2,1-3H3/i1D3,6D2,11D. The fourth-order valence-electron chi connectivity index (χ4n) is 2.03. The molecule has 1 heterocycles. The first-order valence-corrected chi connectivity index (χ1v) is 6.50. The van der Waals surface area contributed by atoms with Gasteiger partial charge in [0.15, 0.2) is 11.5 Å². The maximum absolute atomic E-state index is 8.51. The molecule has 0 bridgehead atoms. The molecule has 114 valence electrons. The first kappa shape index (κ1) is 9.10. The minimum atomic E-state index is -2.99. The molecule has 0 aliphatic carbocycles. The lowest BCUT2D eigenvalue weighted by atomic mass is 10.1. The molecule has 5 heteroatoms. The third-order valence-electron chi connectivity index (χ3n) is 2.94. The monoisotopic (exact) mass is 295 g/mol. The molecule has 21 heavy (non-hydrogen) atoms. The van der Waals surface area contributed by atoms with Gasteiger partial charge in [-0.3, -0.25) is 4.98 Å². The molecule has 2 rings (SSSR count). The van der Waals surface area contributed by atoms with Crippen molar-refractivity contribution in [3.63, 3.8) is 0 Å².